The van der Waals surface area contributed by atoms with E-state index in [4.69, 9.17) is 4.74 Å². The molecule has 4 heteroatoms. The van der Waals surface area contributed by atoms with Gasteiger partial charge in [-0.3, -0.25) is 9.69 Å². The fraction of sp³-hybridized carbons (Fsp3) is 0.258. The second-order valence-corrected chi connectivity index (χ2v) is 9.47. The normalized spacial score (nSPS) is 14.2. The molecule has 0 radical (unpaired) electrons. The third-order valence-corrected chi connectivity index (χ3v) is 6.82. The summed E-state index contributed by atoms with van der Waals surface area (Å²) in [6.45, 7) is 7.19. The van der Waals surface area contributed by atoms with Crippen molar-refractivity contribution in [3.05, 3.63) is 107 Å². The van der Waals surface area contributed by atoms with Crippen LogP contribution in [0, 0.1) is 6.92 Å². The third-order valence-electron chi connectivity index (χ3n) is 6.82. The van der Waals surface area contributed by atoms with E-state index < -0.39 is 0 Å². The van der Waals surface area contributed by atoms with Gasteiger partial charge in [-0.1, -0.05) is 72.3 Å². The van der Waals surface area contributed by atoms with Crippen LogP contribution in [0.5, 0.6) is 0 Å². The number of nitrogens with zero attached hydrogens (tertiary/aromatic N) is 2. The largest absolute Gasteiger partial charge is 0.379 e. The Morgan fingerprint density at radius 2 is 1.57 bits per heavy atom. The molecule has 35 heavy (non-hydrogen) atoms. The van der Waals surface area contributed by atoms with E-state index in [1.807, 2.05) is 31.3 Å². The molecule has 0 aromatic heterocycles. The number of benzene rings is 4. The van der Waals surface area contributed by atoms with Gasteiger partial charge in [-0.05, 0) is 58.1 Å². The van der Waals surface area contributed by atoms with E-state index in [1.54, 1.807) is 4.90 Å². The van der Waals surface area contributed by atoms with Crippen molar-refractivity contribution in [2.24, 2.45) is 0 Å². The molecule has 5 rings (SSSR count). The van der Waals surface area contributed by atoms with Crippen molar-refractivity contribution in [1.82, 2.24) is 9.80 Å². The number of hydrogen-bond donors (Lipinski definition) is 0. The van der Waals surface area contributed by atoms with Crippen LogP contribution < -0.4 is 0 Å². The number of aryl methyl sites for hydroxylation is 1. The Kier molecular flexibility index (Phi) is 6.94. The van der Waals surface area contributed by atoms with Crippen molar-refractivity contribution < 1.29 is 9.53 Å². The minimum absolute atomic E-state index is 0.0291. The third kappa shape index (κ3) is 5.45. The van der Waals surface area contributed by atoms with E-state index in [9.17, 15) is 4.79 Å². The average Bonchev–Trinajstić information content (AvgIpc) is 2.89. The fourth-order valence-electron chi connectivity index (χ4n) is 4.75. The van der Waals surface area contributed by atoms with Gasteiger partial charge in [0.2, 0.25) is 0 Å². The topological polar surface area (TPSA) is 32.8 Å². The van der Waals surface area contributed by atoms with Crippen LogP contribution in [0.2, 0.25) is 0 Å². The standard InChI is InChI=1S/C31H32N2O2/c1-23-6-9-25(10-7-23)26-11-13-27(14-12-26)31(34)32(2)22-29-5-3-4-28-20-24(8-15-30(28)29)21-33-16-18-35-19-17-33/h3-15,20H,16-19,21-22H2,1-2H3. The highest BCUT2D eigenvalue weighted by molar-refractivity contribution is 5.95. The molecular formula is C31H32N2O2. The monoisotopic (exact) mass is 464 g/mol. The van der Waals surface area contributed by atoms with Crippen LogP contribution in [0.1, 0.15) is 27.0 Å². The highest BCUT2D eigenvalue weighted by Gasteiger charge is 2.15. The minimum atomic E-state index is 0.0291. The smallest absolute Gasteiger partial charge is 0.253 e. The molecule has 0 spiro atoms. The molecule has 0 aliphatic carbocycles. The van der Waals surface area contributed by atoms with E-state index in [0.29, 0.717) is 12.1 Å². The molecule has 4 aromatic rings. The molecule has 1 aliphatic rings. The predicted molar refractivity (Wildman–Crippen MR) is 142 cm³/mol. The van der Waals surface area contributed by atoms with Crippen LogP contribution in [0.25, 0.3) is 21.9 Å². The molecule has 0 bridgehead atoms. The first kappa shape index (κ1) is 23.3. The van der Waals surface area contributed by atoms with Gasteiger partial charge in [-0.2, -0.15) is 0 Å². The van der Waals surface area contributed by atoms with Gasteiger partial charge >= 0.3 is 0 Å². The van der Waals surface area contributed by atoms with Gasteiger partial charge in [0.25, 0.3) is 5.91 Å². The van der Waals surface area contributed by atoms with Gasteiger partial charge in [-0.25, -0.2) is 0 Å². The van der Waals surface area contributed by atoms with E-state index in [-0.39, 0.29) is 5.91 Å². The summed E-state index contributed by atoms with van der Waals surface area (Å²) >= 11 is 0. The number of amides is 1. The SMILES string of the molecule is Cc1ccc(-c2ccc(C(=O)N(C)Cc3cccc4cc(CN5CCOCC5)ccc34)cc2)cc1. The first-order valence-corrected chi connectivity index (χ1v) is 12.3. The van der Waals surface area contributed by atoms with Gasteiger partial charge in [0.05, 0.1) is 13.2 Å². The predicted octanol–water partition coefficient (Wildman–Crippen LogP) is 5.92. The maximum atomic E-state index is 13.2. The van der Waals surface area contributed by atoms with Crippen molar-refractivity contribution in [2.45, 2.75) is 20.0 Å². The maximum absolute atomic E-state index is 13.2. The van der Waals surface area contributed by atoms with Crippen molar-refractivity contribution >= 4 is 16.7 Å². The number of hydrogen-bond acceptors (Lipinski definition) is 3. The Labute approximate surface area is 207 Å². The highest BCUT2D eigenvalue weighted by atomic mass is 16.5. The van der Waals surface area contributed by atoms with Crippen LogP contribution in [-0.4, -0.2) is 49.1 Å². The van der Waals surface area contributed by atoms with E-state index in [2.05, 4.69) is 72.5 Å². The summed E-state index contributed by atoms with van der Waals surface area (Å²) in [5.74, 6) is 0.0291. The molecule has 0 N–H and O–H groups in total. The number of ether oxygens (including phenoxy) is 1. The first-order valence-electron chi connectivity index (χ1n) is 12.3. The number of carbonyl (C=O) groups is 1. The molecule has 0 atom stereocenters. The molecule has 1 heterocycles. The van der Waals surface area contributed by atoms with Crippen LogP contribution in [0.15, 0.2) is 84.9 Å². The zero-order valence-corrected chi connectivity index (χ0v) is 20.5. The molecule has 1 aliphatic heterocycles. The summed E-state index contributed by atoms with van der Waals surface area (Å²) in [7, 11) is 1.88. The Hall–Kier alpha value is -3.47. The maximum Gasteiger partial charge on any atom is 0.253 e. The lowest BCUT2D eigenvalue weighted by molar-refractivity contribution is 0.0342. The number of rotatable bonds is 6. The molecule has 0 unspecified atom stereocenters. The van der Waals surface area contributed by atoms with E-state index in [1.165, 1.54) is 21.9 Å². The van der Waals surface area contributed by atoms with Gasteiger partial charge in [0, 0.05) is 38.8 Å². The van der Waals surface area contributed by atoms with E-state index in [0.717, 1.165) is 49.5 Å². The van der Waals surface area contributed by atoms with Gasteiger partial charge < -0.3 is 9.64 Å². The molecule has 4 nitrogen and oxygen atoms in total. The molecule has 1 amide bonds. The van der Waals surface area contributed by atoms with Crippen molar-refractivity contribution in [2.75, 3.05) is 33.4 Å². The summed E-state index contributed by atoms with van der Waals surface area (Å²) in [5.41, 5.74) is 6.69. The Morgan fingerprint density at radius 1 is 0.886 bits per heavy atom. The van der Waals surface area contributed by atoms with Crippen LogP contribution in [0.3, 0.4) is 0 Å². The van der Waals surface area contributed by atoms with Gasteiger partial charge in [0.1, 0.15) is 0 Å². The quantitative estimate of drug-likeness (QED) is 0.355. The summed E-state index contributed by atoms with van der Waals surface area (Å²) in [6, 6.07) is 29.4. The lowest BCUT2D eigenvalue weighted by Crippen LogP contribution is -2.35. The van der Waals surface area contributed by atoms with Crippen molar-refractivity contribution in [3.63, 3.8) is 0 Å². The molecule has 0 saturated carbocycles. The zero-order chi connectivity index (χ0) is 24.2. The first-order chi connectivity index (χ1) is 17.1. The summed E-state index contributed by atoms with van der Waals surface area (Å²) < 4.78 is 5.47. The molecule has 178 valence electrons. The highest BCUT2D eigenvalue weighted by Crippen LogP contribution is 2.24. The Balaban J connectivity index is 1.29. The lowest BCUT2D eigenvalue weighted by Gasteiger charge is -2.26. The fourth-order valence-corrected chi connectivity index (χ4v) is 4.75. The molecular weight excluding hydrogens is 432 g/mol. The van der Waals surface area contributed by atoms with Gasteiger partial charge in [-0.15, -0.1) is 0 Å². The second kappa shape index (κ2) is 10.4. The van der Waals surface area contributed by atoms with Crippen LogP contribution in [-0.2, 0) is 17.8 Å². The number of fused-ring (bicyclic) bond motifs is 1. The summed E-state index contributed by atoms with van der Waals surface area (Å²) in [6.07, 6.45) is 0. The zero-order valence-electron chi connectivity index (χ0n) is 20.5. The van der Waals surface area contributed by atoms with Crippen molar-refractivity contribution in [3.8, 4) is 11.1 Å². The lowest BCUT2D eigenvalue weighted by atomic mass is 10.0. The van der Waals surface area contributed by atoms with Crippen LogP contribution >= 0.6 is 0 Å². The Bertz CT molecular complexity index is 1310. The second-order valence-electron chi connectivity index (χ2n) is 9.47. The van der Waals surface area contributed by atoms with Crippen LogP contribution in [0.4, 0.5) is 0 Å². The van der Waals surface area contributed by atoms with Crippen molar-refractivity contribution in [1.29, 1.82) is 0 Å². The Morgan fingerprint density at radius 3 is 2.29 bits per heavy atom. The molecule has 1 fully saturated rings. The summed E-state index contributed by atoms with van der Waals surface area (Å²) in [5, 5.41) is 2.42. The van der Waals surface area contributed by atoms with E-state index >= 15 is 0 Å². The summed E-state index contributed by atoms with van der Waals surface area (Å²) in [4.78, 5) is 17.4. The molecule has 1 saturated heterocycles. The molecule has 4 aromatic carbocycles. The minimum Gasteiger partial charge on any atom is -0.379 e. The average molecular weight is 465 g/mol. The number of morpholine rings is 1. The van der Waals surface area contributed by atoms with Gasteiger partial charge in [0.15, 0.2) is 0 Å². The number of carbonyl (C=O) groups excluding carboxylic acids is 1.